The third kappa shape index (κ3) is 2.21. The highest BCUT2D eigenvalue weighted by Gasteiger charge is 2.46. The Morgan fingerprint density at radius 2 is 2.15 bits per heavy atom. The second-order valence-corrected chi connectivity index (χ2v) is 7.65. The SMILES string of the molecule is C=CCN1C(=O)c2c(sc3c2CCC3)N2C(=Nc3ccccc3)NNC12. The third-order valence-corrected chi connectivity index (χ3v) is 6.29. The Balaban J connectivity index is 1.65. The number of para-hydroxylation sites is 1. The van der Waals surface area contributed by atoms with Crippen molar-refractivity contribution in [2.45, 2.75) is 25.6 Å². The minimum absolute atomic E-state index is 0.0795. The van der Waals surface area contributed by atoms with Gasteiger partial charge in [0.25, 0.3) is 5.91 Å². The summed E-state index contributed by atoms with van der Waals surface area (Å²) in [6.07, 6.45) is 4.65. The monoisotopic (exact) mass is 365 g/mol. The summed E-state index contributed by atoms with van der Waals surface area (Å²) in [5, 5.41) is 0.997. The average Bonchev–Trinajstić information content (AvgIpc) is 3.33. The highest BCUT2D eigenvalue weighted by atomic mass is 32.1. The number of guanidine groups is 1. The number of benzene rings is 1. The number of fused-ring (bicyclic) bond motifs is 5. The normalized spacial score (nSPS) is 22.2. The van der Waals surface area contributed by atoms with Crippen LogP contribution >= 0.6 is 11.3 Å². The standard InChI is InChI=1S/C19H19N5OS/c1-2-11-23-16(25)15-13-9-6-10-14(13)26-17(15)24-18(21-22-19(23)24)20-12-7-4-3-5-8-12/h2-5,7-8,19,22H,1,6,9-11H2,(H,20,21). The summed E-state index contributed by atoms with van der Waals surface area (Å²) in [7, 11) is 0. The van der Waals surface area contributed by atoms with Crippen LogP contribution in [-0.2, 0) is 12.8 Å². The second kappa shape index (κ2) is 5.96. The molecule has 0 radical (unpaired) electrons. The molecule has 6 nitrogen and oxygen atoms in total. The largest absolute Gasteiger partial charge is 0.300 e. The molecule has 0 spiro atoms. The molecule has 3 aliphatic rings. The Bertz CT molecular complexity index is 920. The van der Waals surface area contributed by atoms with Crippen molar-refractivity contribution in [2.24, 2.45) is 4.99 Å². The third-order valence-electron chi connectivity index (χ3n) is 4.99. The van der Waals surface area contributed by atoms with Gasteiger partial charge in [-0.05, 0) is 37.0 Å². The lowest BCUT2D eigenvalue weighted by Gasteiger charge is -2.38. The van der Waals surface area contributed by atoms with Crippen molar-refractivity contribution in [3.8, 4) is 0 Å². The van der Waals surface area contributed by atoms with Gasteiger partial charge in [-0.15, -0.1) is 17.9 Å². The van der Waals surface area contributed by atoms with Crippen LogP contribution in [0.3, 0.4) is 0 Å². The van der Waals surface area contributed by atoms with Gasteiger partial charge in [0.05, 0.1) is 11.3 Å². The van der Waals surface area contributed by atoms with Crippen molar-refractivity contribution in [1.82, 2.24) is 15.8 Å². The van der Waals surface area contributed by atoms with E-state index < -0.39 is 0 Å². The van der Waals surface area contributed by atoms with Crippen LogP contribution in [-0.4, -0.2) is 29.6 Å². The van der Waals surface area contributed by atoms with Gasteiger partial charge < -0.3 is 0 Å². The number of nitrogens with one attached hydrogen (secondary N) is 2. The first-order valence-electron chi connectivity index (χ1n) is 8.79. The first kappa shape index (κ1) is 15.6. The van der Waals surface area contributed by atoms with Gasteiger partial charge in [-0.2, -0.15) is 5.43 Å². The smallest absolute Gasteiger partial charge is 0.260 e. The lowest BCUT2D eigenvalue weighted by molar-refractivity contribution is 0.0668. The van der Waals surface area contributed by atoms with E-state index in [0.29, 0.717) is 12.5 Å². The maximum atomic E-state index is 13.2. The van der Waals surface area contributed by atoms with Gasteiger partial charge in [-0.1, -0.05) is 24.3 Å². The number of thiophene rings is 1. The summed E-state index contributed by atoms with van der Waals surface area (Å²) in [6.45, 7) is 4.30. The molecule has 1 saturated heterocycles. The molecular weight excluding hydrogens is 346 g/mol. The fraction of sp³-hybridized carbons (Fsp3) is 0.263. The maximum Gasteiger partial charge on any atom is 0.260 e. The molecule has 1 atom stereocenters. The van der Waals surface area contributed by atoms with E-state index in [2.05, 4.69) is 22.3 Å². The number of carbonyl (C=O) groups is 1. The maximum absolute atomic E-state index is 13.2. The van der Waals surface area contributed by atoms with Crippen LogP contribution in [0.25, 0.3) is 0 Å². The van der Waals surface area contributed by atoms with Gasteiger partial charge >= 0.3 is 0 Å². The molecule has 0 saturated carbocycles. The molecule has 132 valence electrons. The first-order chi connectivity index (χ1) is 12.8. The number of anilines is 1. The van der Waals surface area contributed by atoms with Crippen molar-refractivity contribution in [3.05, 3.63) is 59.0 Å². The summed E-state index contributed by atoms with van der Waals surface area (Å²) in [5.74, 6) is 0.791. The molecular formula is C19H19N5OS. The number of carbonyl (C=O) groups excluding carboxylic acids is 1. The Kier molecular flexibility index (Phi) is 3.58. The van der Waals surface area contributed by atoms with Crippen molar-refractivity contribution in [3.63, 3.8) is 0 Å². The van der Waals surface area contributed by atoms with Crippen molar-refractivity contribution < 1.29 is 4.79 Å². The molecule has 1 aromatic heterocycles. The lowest BCUT2D eigenvalue weighted by atomic mass is 10.1. The summed E-state index contributed by atoms with van der Waals surface area (Å²) in [4.78, 5) is 23.2. The molecule has 26 heavy (non-hydrogen) atoms. The van der Waals surface area contributed by atoms with Crippen LogP contribution in [0.2, 0.25) is 0 Å². The van der Waals surface area contributed by atoms with Gasteiger partial charge in [-0.25, -0.2) is 4.99 Å². The summed E-state index contributed by atoms with van der Waals surface area (Å²) in [5.41, 5.74) is 9.33. The summed E-state index contributed by atoms with van der Waals surface area (Å²) >= 11 is 1.73. The fourth-order valence-electron chi connectivity index (χ4n) is 3.86. The van der Waals surface area contributed by atoms with E-state index in [0.717, 1.165) is 35.5 Å². The molecule has 5 rings (SSSR count). The van der Waals surface area contributed by atoms with Crippen molar-refractivity contribution in [2.75, 3.05) is 11.4 Å². The molecule has 1 aliphatic carbocycles. The molecule has 0 bridgehead atoms. The van der Waals surface area contributed by atoms with Gasteiger partial charge in [0.15, 0.2) is 6.29 Å². The fourth-order valence-corrected chi connectivity index (χ4v) is 5.26. The predicted octanol–water partition coefficient (Wildman–Crippen LogP) is 2.76. The Morgan fingerprint density at radius 1 is 1.31 bits per heavy atom. The Labute approximate surface area is 155 Å². The van der Waals surface area contributed by atoms with E-state index in [-0.39, 0.29) is 12.2 Å². The molecule has 7 heteroatoms. The number of hydrogen-bond donors (Lipinski definition) is 2. The highest BCUT2D eigenvalue weighted by molar-refractivity contribution is 7.17. The van der Waals surface area contributed by atoms with Crippen LogP contribution < -0.4 is 15.8 Å². The summed E-state index contributed by atoms with van der Waals surface area (Å²) < 4.78 is 0. The molecule has 1 fully saturated rings. The van der Waals surface area contributed by atoms with Crippen molar-refractivity contribution in [1.29, 1.82) is 0 Å². The Hall–Kier alpha value is -2.64. The number of hydrogen-bond acceptors (Lipinski definition) is 4. The van der Waals surface area contributed by atoms with E-state index in [4.69, 9.17) is 4.99 Å². The van der Waals surface area contributed by atoms with Gasteiger partial charge in [0, 0.05) is 11.4 Å². The van der Waals surface area contributed by atoms with Crippen molar-refractivity contribution >= 4 is 33.9 Å². The molecule has 3 heterocycles. The number of hydrazine groups is 1. The topological polar surface area (TPSA) is 60.0 Å². The van der Waals surface area contributed by atoms with E-state index in [1.165, 1.54) is 10.4 Å². The Morgan fingerprint density at radius 3 is 2.96 bits per heavy atom. The van der Waals surface area contributed by atoms with E-state index >= 15 is 0 Å². The number of amides is 1. The van der Waals surface area contributed by atoms with Crippen LogP contribution in [0.1, 0.15) is 27.2 Å². The molecule has 2 aliphatic heterocycles. The molecule has 2 aromatic rings. The number of aliphatic imine (C=N–C) groups is 1. The van der Waals surface area contributed by atoms with E-state index in [1.807, 2.05) is 30.3 Å². The van der Waals surface area contributed by atoms with Gasteiger partial charge in [0.2, 0.25) is 5.96 Å². The van der Waals surface area contributed by atoms with E-state index in [9.17, 15) is 4.79 Å². The van der Waals surface area contributed by atoms with Crippen LogP contribution in [0, 0.1) is 0 Å². The molecule has 1 aromatic carbocycles. The number of aryl methyl sites for hydroxylation is 1. The number of nitrogens with zero attached hydrogens (tertiary/aromatic N) is 3. The molecule has 1 amide bonds. The molecule has 2 N–H and O–H groups in total. The quantitative estimate of drug-likeness (QED) is 0.821. The zero-order chi connectivity index (χ0) is 17.7. The predicted molar refractivity (Wildman–Crippen MR) is 104 cm³/mol. The minimum atomic E-state index is -0.297. The van der Waals surface area contributed by atoms with Gasteiger partial charge in [-0.3, -0.25) is 20.0 Å². The zero-order valence-electron chi connectivity index (χ0n) is 14.2. The van der Waals surface area contributed by atoms with Crippen LogP contribution in [0.15, 0.2) is 48.0 Å². The van der Waals surface area contributed by atoms with Gasteiger partial charge in [0.1, 0.15) is 5.00 Å². The van der Waals surface area contributed by atoms with Crippen LogP contribution in [0.4, 0.5) is 10.7 Å². The average molecular weight is 365 g/mol. The number of rotatable bonds is 3. The summed E-state index contributed by atoms with van der Waals surface area (Å²) in [6, 6.07) is 9.84. The first-order valence-corrected chi connectivity index (χ1v) is 9.60. The zero-order valence-corrected chi connectivity index (χ0v) is 15.1. The minimum Gasteiger partial charge on any atom is -0.300 e. The highest BCUT2D eigenvalue weighted by Crippen LogP contribution is 2.45. The molecule has 1 unspecified atom stereocenters. The van der Waals surface area contributed by atoms with E-state index in [1.54, 1.807) is 22.3 Å². The lowest BCUT2D eigenvalue weighted by Crippen LogP contribution is -2.57. The second-order valence-electron chi connectivity index (χ2n) is 6.57. The van der Waals surface area contributed by atoms with Crippen LogP contribution in [0.5, 0.6) is 0 Å².